The number of carboxylic acids is 1. The minimum Gasteiger partial charge on any atom is -0.477 e. The van der Waals surface area contributed by atoms with Gasteiger partial charge in [0.25, 0.3) is 0 Å². The average molecular weight is 260 g/mol. The molecule has 2 aliphatic rings. The van der Waals surface area contributed by atoms with Gasteiger partial charge in [0.05, 0.1) is 0 Å². The Balaban J connectivity index is 1.87. The molecule has 0 radical (unpaired) electrons. The maximum absolute atomic E-state index is 11.0. The van der Waals surface area contributed by atoms with Gasteiger partial charge in [-0.2, -0.15) is 0 Å². The molecule has 2 atom stereocenters. The van der Waals surface area contributed by atoms with Gasteiger partial charge in [-0.25, -0.2) is 9.78 Å². The van der Waals surface area contributed by atoms with Gasteiger partial charge in [0.15, 0.2) is 0 Å². The molecule has 1 aliphatic heterocycles. The zero-order chi connectivity index (χ0) is 13.2. The lowest BCUT2D eigenvalue weighted by atomic mass is 9.78. The number of aromatic nitrogens is 1. The predicted octanol–water partition coefficient (Wildman–Crippen LogP) is 2.94. The Bertz CT molecular complexity index is 473. The molecule has 0 spiro atoms. The molecule has 0 unspecified atom stereocenters. The van der Waals surface area contributed by atoms with Gasteiger partial charge < -0.3 is 10.0 Å². The van der Waals surface area contributed by atoms with E-state index in [1.807, 2.05) is 6.07 Å². The summed E-state index contributed by atoms with van der Waals surface area (Å²) in [6.45, 7) is 1.05. The number of carbonyl (C=O) groups is 1. The first kappa shape index (κ1) is 12.5. The van der Waals surface area contributed by atoms with E-state index in [1.165, 1.54) is 38.5 Å². The van der Waals surface area contributed by atoms with E-state index in [0.717, 1.165) is 18.2 Å². The second-order valence-corrected chi connectivity index (χ2v) is 5.65. The van der Waals surface area contributed by atoms with Crippen molar-refractivity contribution in [2.75, 3.05) is 11.4 Å². The summed E-state index contributed by atoms with van der Waals surface area (Å²) in [7, 11) is 0. The number of pyridine rings is 1. The Morgan fingerprint density at radius 1 is 1.26 bits per heavy atom. The topological polar surface area (TPSA) is 53.4 Å². The van der Waals surface area contributed by atoms with Crippen LogP contribution in [0.3, 0.4) is 0 Å². The normalized spacial score (nSPS) is 26.8. The summed E-state index contributed by atoms with van der Waals surface area (Å²) in [6.07, 6.45) is 9.39. The molecule has 0 aromatic carbocycles. The molecular formula is C15H20N2O2. The maximum atomic E-state index is 11.0. The minimum absolute atomic E-state index is 0.149. The van der Waals surface area contributed by atoms with Crippen LogP contribution in [0.1, 0.15) is 49.0 Å². The van der Waals surface area contributed by atoms with Crippen molar-refractivity contribution in [2.45, 2.75) is 44.6 Å². The lowest BCUT2D eigenvalue weighted by Gasteiger charge is -2.45. The van der Waals surface area contributed by atoms with E-state index >= 15 is 0 Å². The van der Waals surface area contributed by atoms with E-state index in [-0.39, 0.29) is 5.69 Å². The van der Waals surface area contributed by atoms with Gasteiger partial charge in [-0.05, 0) is 43.7 Å². The van der Waals surface area contributed by atoms with Crippen LogP contribution in [0.4, 0.5) is 5.69 Å². The molecule has 1 saturated heterocycles. The Labute approximate surface area is 113 Å². The third-order valence-electron chi connectivity index (χ3n) is 4.54. The van der Waals surface area contributed by atoms with Crippen molar-refractivity contribution in [3.63, 3.8) is 0 Å². The van der Waals surface area contributed by atoms with Crippen molar-refractivity contribution in [1.29, 1.82) is 0 Å². The van der Waals surface area contributed by atoms with Gasteiger partial charge >= 0.3 is 5.97 Å². The van der Waals surface area contributed by atoms with Gasteiger partial charge in [-0.1, -0.05) is 12.8 Å². The highest BCUT2D eigenvalue weighted by molar-refractivity contribution is 5.86. The number of anilines is 1. The molecular weight excluding hydrogens is 240 g/mol. The number of fused-ring (bicyclic) bond motifs is 1. The van der Waals surface area contributed by atoms with E-state index in [2.05, 4.69) is 9.88 Å². The van der Waals surface area contributed by atoms with Crippen molar-refractivity contribution in [3.8, 4) is 0 Å². The van der Waals surface area contributed by atoms with Crippen LogP contribution in [0, 0.1) is 5.92 Å². The van der Waals surface area contributed by atoms with Gasteiger partial charge in [-0.3, -0.25) is 0 Å². The highest BCUT2D eigenvalue weighted by atomic mass is 16.4. The summed E-state index contributed by atoms with van der Waals surface area (Å²) in [4.78, 5) is 17.4. The number of rotatable bonds is 2. The quantitative estimate of drug-likeness (QED) is 0.888. The van der Waals surface area contributed by atoms with E-state index in [0.29, 0.717) is 6.04 Å². The lowest BCUT2D eigenvalue weighted by molar-refractivity contribution is 0.0690. The smallest absolute Gasteiger partial charge is 0.354 e. The number of hydrogen-bond acceptors (Lipinski definition) is 3. The van der Waals surface area contributed by atoms with Crippen LogP contribution in [0.2, 0.25) is 0 Å². The molecule has 1 aromatic rings. The number of piperidine rings is 1. The molecule has 0 amide bonds. The number of aromatic carboxylic acids is 1. The molecule has 2 heterocycles. The summed E-state index contributed by atoms with van der Waals surface area (Å²) in [5.74, 6) is -0.150. The monoisotopic (exact) mass is 260 g/mol. The molecule has 1 aliphatic carbocycles. The Kier molecular flexibility index (Phi) is 3.40. The lowest BCUT2D eigenvalue weighted by Crippen LogP contribution is -2.47. The maximum Gasteiger partial charge on any atom is 0.354 e. The van der Waals surface area contributed by atoms with Crippen LogP contribution in [0.25, 0.3) is 0 Å². The first-order valence-electron chi connectivity index (χ1n) is 7.22. The molecule has 3 rings (SSSR count). The molecule has 1 saturated carbocycles. The summed E-state index contributed by atoms with van der Waals surface area (Å²) in [5.41, 5.74) is 1.18. The van der Waals surface area contributed by atoms with Crippen molar-refractivity contribution >= 4 is 11.7 Å². The number of nitrogens with zero attached hydrogens (tertiary/aromatic N) is 2. The molecule has 19 heavy (non-hydrogen) atoms. The van der Waals surface area contributed by atoms with Gasteiger partial charge in [-0.15, -0.1) is 0 Å². The summed E-state index contributed by atoms with van der Waals surface area (Å²) in [6, 6.07) is 4.27. The van der Waals surface area contributed by atoms with Crippen molar-refractivity contribution in [1.82, 2.24) is 4.98 Å². The zero-order valence-electron chi connectivity index (χ0n) is 11.1. The number of carboxylic acid groups (broad SMARTS) is 1. The molecule has 102 valence electrons. The Morgan fingerprint density at radius 2 is 2.05 bits per heavy atom. The SMILES string of the molecule is O=C(O)c1cc(N2CCC[C@H]3CCCC[C@H]32)ccn1. The van der Waals surface area contributed by atoms with Crippen LogP contribution in [0.5, 0.6) is 0 Å². The second kappa shape index (κ2) is 5.19. The fourth-order valence-corrected chi connectivity index (χ4v) is 3.66. The van der Waals surface area contributed by atoms with E-state index in [4.69, 9.17) is 5.11 Å². The van der Waals surface area contributed by atoms with Crippen LogP contribution >= 0.6 is 0 Å². The summed E-state index contributed by atoms with van der Waals surface area (Å²) in [5, 5.41) is 9.06. The Morgan fingerprint density at radius 3 is 2.89 bits per heavy atom. The van der Waals surface area contributed by atoms with Crippen LogP contribution < -0.4 is 4.90 Å². The molecule has 0 bridgehead atoms. The minimum atomic E-state index is -0.945. The standard InChI is InChI=1S/C15H20N2O2/c18-15(19)13-10-12(7-8-16-13)17-9-3-5-11-4-1-2-6-14(11)17/h7-8,10-11,14H,1-6,9H2,(H,18,19)/t11-,14-/m1/s1. The average Bonchev–Trinajstić information content (AvgIpc) is 2.47. The fourth-order valence-electron chi connectivity index (χ4n) is 3.66. The predicted molar refractivity (Wildman–Crippen MR) is 73.5 cm³/mol. The molecule has 1 aromatic heterocycles. The largest absolute Gasteiger partial charge is 0.477 e. The first-order chi connectivity index (χ1) is 9.25. The summed E-state index contributed by atoms with van der Waals surface area (Å²) < 4.78 is 0. The van der Waals surface area contributed by atoms with E-state index < -0.39 is 5.97 Å². The molecule has 4 nitrogen and oxygen atoms in total. The molecule has 1 N–H and O–H groups in total. The third-order valence-corrected chi connectivity index (χ3v) is 4.54. The van der Waals surface area contributed by atoms with Gasteiger partial charge in [0.1, 0.15) is 5.69 Å². The van der Waals surface area contributed by atoms with Crippen molar-refractivity contribution in [3.05, 3.63) is 24.0 Å². The Hall–Kier alpha value is -1.58. The van der Waals surface area contributed by atoms with E-state index in [9.17, 15) is 4.79 Å². The first-order valence-corrected chi connectivity index (χ1v) is 7.22. The molecule has 4 heteroatoms. The summed E-state index contributed by atoms with van der Waals surface area (Å²) >= 11 is 0. The fraction of sp³-hybridized carbons (Fsp3) is 0.600. The van der Waals surface area contributed by atoms with Crippen molar-refractivity contribution < 1.29 is 9.90 Å². The second-order valence-electron chi connectivity index (χ2n) is 5.65. The van der Waals surface area contributed by atoms with Gasteiger partial charge in [0, 0.05) is 24.5 Å². The van der Waals surface area contributed by atoms with Crippen LogP contribution in [0.15, 0.2) is 18.3 Å². The van der Waals surface area contributed by atoms with Crippen LogP contribution in [-0.2, 0) is 0 Å². The van der Waals surface area contributed by atoms with Crippen LogP contribution in [-0.4, -0.2) is 28.6 Å². The van der Waals surface area contributed by atoms with Gasteiger partial charge in [0.2, 0.25) is 0 Å². The molecule has 2 fully saturated rings. The third kappa shape index (κ3) is 2.44. The highest BCUT2D eigenvalue weighted by Crippen LogP contribution is 2.37. The number of hydrogen-bond donors (Lipinski definition) is 1. The van der Waals surface area contributed by atoms with Crippen molar-refractivity contribution in [2.24, 2.45) is 5.92 Å². The zero-order valence-corrected chi connectivity index (χ0v) is 11.1. The highest BCUT2D eigenvalue weighted by Gasteiger charge is 2.33. The van der Waals surface area contributed by atoms with E-state index in [1.54, 1.807) is 12.3 Å².